The van der Waals surface area contributed by atoms with Gasteiger partial charge < -0.3 is 10.2 Å². The van der Waals surface area contributed by atoms with Gasteiger partial charge >= 0.3 is 0 Å². The molecule has 3 heteroatoms. The highest BCUT2D eigenvalue weighted by molar-refractivity contribution is 6.31. The molecule has 2 atom stereocenters. The average molecular weight is 279 g/mol. The Morgan fingerprint density at radius 2 is 2.11 bits per heavy atom. The third-order valence-electron chi connectivity index (χ3n) is 4.43. The first-order chi connectivity index (χ1) is 9.15. The van der Waals surface area contributed by atoms with E-state index in [2.05, 4.69) is 36.3 Å². The number of rotatable bonds is 6. The van der Waals surface area contributed by atoms with E-state index in [1.807, 2.05) is 6.07 Å². The fourth-order valence-electron chi connectivity index (χ4n) is 2.72. The van der Waals surface area contributed by atoms with Crippen LogP contribution in [0, 0.1) is 11.8 Å². The molecule has 0 aliphatic heterocycles. The van der Waals surface area contributed by atoms with Gasteiger partial charge in [-0.25, -0.2) is 0 Å². The van der Waals surface area contributed by atoms with Crippen LogP contribution in [0.2, 0.25) is 5.02 Å². The smallest absolute Gasteiger partial charge is 0.0471 e. The molecule has 0 saturated heterocycles. The van der Waals surface area contributed by atoms with Gasteiger partial charge in [-0.3, -0.25) is 0 Å². The van der Waals surface area contributed by atoms with Crippen LogP contribution in [0.15, 0.2) is 18.2 Å². The van der Waals surface area contributed by atoms with Crippen LogP contribution in [0.1, 0.15) is 31.7 Å². The van der Waals surface area contributed by atoms with E-state index in [1.165, 1.54) is 30.5 Å². The van der Waals surface area contributed by atoms with Gasteiger partial charge in [-0.05, 0) is 43.2 Å². The summed E-state index contributed by atoms with van der Waals surface area (Å²) in [6, 6.07) is 6.98. The zero-order chi connectivity index (χ0) is 13.4. The van der Waals surface area contributed by atoms with Gasteiger partial charge in [0.25, 0.3) is 0 Å². The highest BCUT2D eigenvalue weighted by Gasteiger charge is 2.33. The van der Waals surface area contributed by atoms with Crippen molar-refractivity contribution in [3.05, 3.63) is 28.8 Å². The number of halogens is 1. The van der Waals surface area contributed by atoms with Gasteiger partial charge in [0.15, 0.2) is 0 Å². The third kappa shape index (κ3) is 3.24. The van der Waals surface area contributed by atoms with Gasteiger partial charge in [0, 0.05) is 42.5 Å². The Morgan fingerprint density at radius 1 is 1.37 bits per heavy atom. The fourth-order valence-corrected chi connectivity index (χ4v) is 2.95. The van der Waals surface area contributed by atoms with Gasteiger partial charge in [-0.15, -0.1) is 0 Å². The third-order valence-corrected chi connectivity index (χ3v) is 4.79. The van der Waals surface area contributed by atoms with Gasteiger partial charge in [0.05, 0.1) is 0 Å². The summed E-state index contributed by atoms with van der Waals surface area (Å²) in [6.07, 6.45) is 4.00. The van der Waals surface area contributed by atoms with Crippen molar-refractivity contribution in [1.82, 2.24) is 5.32 Å². The molecule has 104 valence electrons. The lowest BCUT2D eigenvalue weighted by Gasteiger charge is -2.23. The molecule has 0 spiro atoms. The molecule has 0 heterocycles. The largest absolute Gasteiger partial charge is 0.374 e. The Balaban J connectivity index is 1.71. The van der Waals surface area contributed by atoms with E-state index in [1.54, 1.807) is 0 Å². The first-order valence-corrected chi connectivity index (χ1v) is 7.75. The summed E-state index contributed by atoms with van der Waals surface area (Å²) in [5, 5.41) is 4.47. The number of benzene rings is 1. The molecular weight excluding hydrogens is 256 g/mol. The molecule has 0 bridgehead atoms. The number of hydrogen-bond acceptors (Lipinski definition) is 2. The summed E-state index contributed by atoms with van der Waals surface area (Å²) in [7, 11) is 2.19. The molecule has 0 radical (unpaired) electrons. The summed E-state index contributed by atoms with van der Waals surface area (Å²) < 4.78 is 0. The average Bonchev–Trinajstić information content (AvgIpc) is 3.28. The minimum atomic E-state index is 0.720. The highest BCUT2D eigenvalue weighted by Crippen LogP contribution is 2.39. The van der Waals surface area contributed by atoms with Crippen LogP contribution >= 0.6 is 11.6 Å². The van der Waals surface area contributed by atoms with Crippen LogP contribution in [0.5, 0.6) is 0 Å². The molecule has 1 N–H and O–H groups in total. The van der Waals surface area contributed by atoms with E-state index in [0.717, 1.165) is 36.0 Å². The predicted molar refractivity (Wildman–Crippen MR) is 81.9 cm³/mol. The molecular formula is C16H23ClN2. The normalized spacial score (nSPS) is 25.4. The van der Waals surface area contributed by atoms with Crippen molar-refractivity contribution < 1.29 is 0 Å². The number of hydrogen-bond donors (Lipinski definition) is 1. The Kier molecular flexibility index (Phi) is 3.72. The van der Waals surface area contributed by atoms with Crippen LogP contribution in [-0.2, 0) is 6.54 Å². The molecule has 2 fully saturated rings. The maximum absolute atomic E-state index is 6.39. The highest BCUT2D eigenvalue weighted by atomic mass is 35.5. The van der Waals surface area contributed by atoms with Gasteiger partial charge in [-0.1, -0.05) is 24.6 Å². The second-order valence-corrected chi connectivity index (χ2v) is 6.65. The molecule has 1 aromatic carbocycles. The Labute approximate surface area is 121 Å². The molecule has 0 aromatic heterocycles. The summed E-state index contributed by atoms with van der Waals surface area (Å²) in [5.74, 6) is 1.77. The van der Waals surface area contributed by atoms with Crippen LogP contribution < -0.4 is 10.2 Å². The molecule has 2 nitrogen and oxygen atoms in total. The minimum absolute atomic E-state index is 0.720. The van der Waals surface area contributed by atoms with Gasteiger partial charge in [0.1, 0.15) is 0 Å². The van der Waals surface area contributed by atoms with Crippen molar-refractivity contribution in [2.75, 3.05) is 18.5 Å². The van der Waals surface area contributed by atoms with Crippen LogP contribution in [-0.4, -0.2) is 19.6 Å². The van der Waals surface area contributed by atoms with Crippen molar-refractivity contribution in [2.45, 2.75) is 38.8 Å². The summed E-state index contributed by atoms with van der Waals surface area (Å²) in [4.78, 5) is 2.38. The molecule has 2 aliphatic rings. The molecule has 19 heavy (non-hydrogen) atoms. The number of nitrogens with zero attached hydrogens (tertiary/aromatic N) is 1. The van der Waals surface area contributed by atoms with Crippen molar-refractivity contribution >= 4 is 17.3 Å². The first-order valence-electron chi connectivity index (χ1n) is 7.37. The molecule has 2 saturated carbocycles. The van der Waals surface area contributed by atoms with E-state index in [0.29, 0.717) is 0 Å². The predicted octanol–water partition coefficient (Wildman–Crippen LogP) is 3.68. The second kappa shape index (κ2) is 5.34. The second-order valence-electron chi connectivity index (χ2n) is 6.25. The van der Waals surface area contributed by atoms with Crippen molar-refractivity contribution in [1.29, 1.82) is 0 Å². The van der Waals surface area contributed by atoms with Crippen molar-refractivity contribution in [3.63, 3.8) is 0 Å². The quantitative estimate of drug-likeness (QED) is 0.854. The maximum atomic E-state index is 6.39. The van der Waals surface area contributed by atoms with E-state index in [9.17, 15) is 0 Å². The Hall–Kier alpha value is -0.730. The standard InChI is InChI=1S/C16H23ClN2/c1-11-8-12(11)10-19(2)16-5-3-4-15(17)14(16)9-18-13-6-7-13/h3-5,11-13,18H,6-10H2,1-2H3. The lowest BCUT2D eigenvalue weighted by molar-refractivity contribution is 0.679. The minimum Gasteiger partial charge on any atom is -0.374 e. The summed E-state index contributed by atoms with van der Waals surface area (Å²) >= 11 is 6.39. The number of nitrogens with one attached hydrogen (secondary N) is 1. The number of anilines is 1. The molecule has 0 amide bonds. The van der Waals surface area contributed by atoms with Crippen molar-refractivity contribution in [3.8, 4) is 0 Å². The first kappa shape index (κ1) is 13.3. The lowest BCUT2D eigenvalue weighted by atomic mass is 10.1. The van der Waals surface area contributed by atoms with Gasteiger partial charge in [-0.2, -0.15) is 0 Å². The Morgan fingerprint density at radius 3 is 2.74 bits per heavy atom. The molecule has 3 rings (SSSR count). The maximum Gasteiger partial charge on any atom is 0.0471 e. The zero-order valence-electron chi connectivity index (χ0n) is 11.8. The van der Waals surface area contributed by atoms with Crippen LogP contribution in [0.4, 0.5) is 5.69 Å². The van der Waals surface area contributed by atoms with E-state index in [-0.39, 0.29) is 0 Å². The topological polar surface area (TPSA) is 15.3 Å². The lowest BCUT2D eigenvalue weighted by Crippen LogP contribution is -2.24. The Bertz CT molecular complexity index is 456. The van der Waals surface area contributed by atoms with Crippen LogP contribution in [0.25, 0.3) is 0 Å². The van der Waals surface area contributed by atoms with Crippen molar-refractivity contribution in [2.24, 2.45) is 11.8 Å². The van der Waals surface area contributed by atoms with E-state index in [4.69, 9.17) is 11.6 Å². The van der Waals surface area contributed by atoms with E-state index >= 15 is 0 Å². The fraction of sp³-hybridized carbons (Fsp3) is 0.625. The van der Waals surface area contributed by atoms with Gasteiger partial charge in [0.2, 0.25) is 0 Å². The zero-order valence-corrected chi connectivity index (χ0v) is 12.6. The summed E-state index contributed by atoms with van der Waals surface area (Å²) in [6.45, 7) is 4.38. The SMILES string of the molecule is CC1CC1CN(C)c1cccc(Cl)c1CNC1CC1. The molecule has 2 aliphatic carbocycles. The monoisotopic (exact) mass is 278 g/mol. The molecule has 1 aromatic rings. The summed E-state index contributed by atoms with van der Waals surface area (Å²) in [5.41, 5.74) is 2.55. The van der Waals surface area contributed by atoms with Crippen LogP contribution in [0.3, 0.4) is 0 Å². The molecule has 2 unspecified atom stereocenters. The van der Waals surface area contributed by atoms with E-state index < -0.39 is 0 Å².